The normalized spacial score (nSPS) is 10.6. The molecule has 0 spiro atoms. The number of carbonyl (C=O) groups is 1. The predicted molar refractivity (Wildman–Crippen MR) is 60.2 cm³/mol. The molecule has 0 aliphatic rings. The van der Waals surface area contributed by atoms with E-state index in [4.69, 9.17) is 0 Å². The molecule has 1 N–H and O–H groups in total. The highest BCUT2D eigenvalue weighted by Gasteiger charge is 2.14. The average Bonchev–Trinajstić information content (AvgIpc) is 2.82. The lowest BCUT2D eigenvalue weighted by Crippen LogP contribution is -2.20. The fourth-order valence-corrected chi connectivity index (χ4v) is 1.45. The maximum absolute atomic E-state index is 12.1. The Bertz CT molecular complexity index is 528. The Balaban J connectivity index is 2.08. The Morgan fingerprint density at radius 1 is 1.44 bits per heavy atom. The van der Waals surface area contributed by atoms with Gasteiger partial charge in [-0.3, -0.25) is 4.79 Å². The summed E-state index contributed by atoms with van der Waals surface area (Å²) in [5.74, 6) is -1.31. The van der Waals surface area contributed by atoms with E-state index in [0.717, 1.165) is 5.56 Å². The van der Waals surface area contributed by atoms with Gasteiger partial charge in [0.25, 0.3) is 5.91 Å². The van der Waals surface area contributed by atoms with Crippen molar-refractivity contribution in [2.45, 2.75) is 13.0 Å². The van der Waals surface area contributed by atoms with Gasteiger partial charge < -0.3 is 5.32 Å². The number of amides is 1. The van der Waals surface area contributed by atoms with Gasteiger partial charge >= 0.3 is 6.43 Å². The third-order valence-electron chi connectivity index (χ3n) is 2.20. The molecule has 7 heteroatoms. The second-order valence-electron chi connectivity index (χ2n) is 3.58. The highest BCUT2D eigenvalue weighted by atomic mass is 19.3. The van der Waals surface area contributed by atoms with E-state index in [9.17, 15) is 13.6 Å². The number of nitrogens with zero attached hydrogens (tertiary/aromatic N) is 3. The zero-order valence-corrected chi connectivity index (χ0v) is 9.25. The number of hydrogen-bond donors (Lipinski definition) is 1. The van der Waals surface area contributed by atoms with Crippen LogP contribution in [0.5, 0.6) is 0 Å². The molecule has 1 aromatic heterocycles. The highest BCUT2D eigenvalue weighted by Crippen LogP contribution is 2.12. The zero-order chi connectivity index (χ0) is 13.0. The van der Waals surface area contributed by atoms with Crippen LogP contribution in [0.15, 0.2) is 36.9 Å². The van der Waals surface area contributed by atoms with Gasteiger partial charge in [-0.2, -0.15) is 13.9 Å². The van der Waals surface area contributed by atoms with E-state index in [1.807, 2.05) is 0 Å². The molecule has 0 aliphatic heterocycles. The first-order valence-corrected chi connectivity index (χ1v) is 5.15. The Morgan fingerprint density at radius 3 is 2.94 bits per heavy atom. The van der Waals surface area contributed by atoms with Crippen LogP contribution in [0.4, 0.5) is 14.5 Å². The zero-order valence-electron chi connectivity index (χ0n) is 9.25. The van der Waals surface area contributed by atoms with Crippen LogP contribution in [0.25, 0.3) is 0 Å². The minimum absolute atomic E-state index is 0.331. The lowest BCUT2D eigenvalue weighted by molar-refractivity contribution is -0.126. The molecule has 0 saturated carbocycles. The maximum Gasteiger partial charge on any atom is 0.315 e. The average molecular weight is 252 g/mol. The molecular weight excluding hydrogens is 242 g/mol. The molecule has 0 atom stereocenters. The van der Waals surface area contributed by atoms with Crippen LogP contribution >= 0.6 is 0 Å². The van der Waals surface area contributed by atoms with Crippen molar-refractivity contribution < 1.29 is 13.6 Å². The molecule has 0 unspecified atom stereocenters. The van der Waals surface area contributed by atoms with Crippen LogP contribution in [0, 0.1) is 0 Å². The molecule has 0 fully saturated rings. The molecule has 1 amide bonds. The lowest BCUT2D eigenvalue weighted by Gasteiger charge is -2.06. The number of aromatic nitrogens is 3. The monoisotopic (exact) mass is 252 g/mol. The van der Waals surface area contributed by atoms with E-state index in [0.29, 0.717) is 12.2 Å². The molecule has 2 rings (SSSR count). The molecule has 0 bridgehead atoms. The number of alkyl halides is 2. The van der Waals surface area contributed by atoms with Crippen molar-refractivity contribution in [2.24, 2.45) is 0 Å². The first-order chi connectivity index (χ1) is 8.65. The minimum Gasteiger partial charge on any atom is -0.321 e. The standard InChI is InChI=1S/C11H10F2N4O/c12-10(13)11(18)16-9-3-1-2-8(4-9)5-17-7-14-6-15-17/h1-4,6-7,10H,5H2,(H,16,18). The van der Waals surface area contributed by atoms with Gasteiger partial charge in [0.05, 0.1) is 6.54 Å². The fraction of sp³-hybridized carbons (Fsp3) is 0.182. The molecule has 94 valence electrons. The molecule has 2 aromatic rings. The fourth-order valence-electron chi connectivity index (χ4n) is 1.45. The summed E-state index contributed by atoms with van der Waals surface area (Å²) in [6, 6.07) is 6.64. The predicted octanol–water partition coefficient (Wildman–Crippen LogP) is 1.53. The van der Waals surface area contributed by atoms with Gasteiger partial charge in [-0.1, -0.05) is 12.1 Å². The van der Waals surface area contributed by atoms with Crippen molar-refractivity contribution in [1.82, 2.24) is 14.8 Å². The van der Waals surface area contributed by atoms with Crippen LogP contribution in [0.1, 0.15) is 5.56 Å². The molecule has 1 heterocycles. The van der Waals surface area contributed by atoms with E-state index in [2.05, 4.69) is 15.4 Å². The number of rotatable bonds is 4. The maximum atomic E-state index is 12.1. The Kier molecular flexibility index (Phi) is 3.61. The van der Waals surface area contributed by atoms with Crippen molar-refractivity contribution in [3.63, 3.8) is 0 Å². The first kappa shape index (κ1) is 12.2. The van der Waals surface area contributed by atoms with Gasteiger partial charge in [-0.25, -0.2) is 9.67 Å². The number of hydrogen-bond acceptors (Lipinski definition) is 3. The topological polar surface area (TPSA) is 59.8 Å². The van der Waals surface area contributed by atoms with Crippen LogP contribution in [0.2, 0.25) is 0 Å². The first-order valence-electron chi connectivity index (χ1n) is 5.15. The van der Waals surface area contributed by atoms with Crippen LogP contribution < -0.4 is 5.32 Å². The Hall–Kier alpha value is -2.31. The van der Waals surface area contributed by atoms with Gasteiger partial charge in [0.15, 0.2) is 0 Å². The molecular formula is C11H10F2N4O. The number of carbonyl (C=O) groups excluding carboxylic acids is 1. The van der Waals surface area contributed by atoms with Crippen molar-refractivity contribution >= 4 is 11.6 Å². The van der Waals surface area contributed by atoms with Gasteiger partial charge in [0.1, 0.15) is 12.7 Å². The van der Waals surface area contributed by atoms with Gasteiger partial charge in [0, 0.05) is 5.69 Å². The highest BCUT2D eigenvalue weighted by molar-refractivity contribution is 5.93. The van der Waals surface area contributed by atoms with Crippen LogP contribution in [0.3, 0.4) is 0 Å². The number of anilines is 1. The molecule has 18 heavy (non-hydrogen) atoms. The van der Waals surface area contributed by atoms with Gasteiger partial charge in [-0.05, 0) is 17.7 Å². The third kappa shape index (κ3) is 3.09. The molecule has 1 aromatic carbocycles. The molecule has 0 aliphatic carbocycles. The van der Waals surface area contributed by atoms with Crippen molar-refractivity contribution in [2.75, 3.05) is 5.32 Å². The smallest absolute Gasteiger partial charge is 0.315 e. The molecule has 0 saturated heterocycles. The summed E-state index contributed by atoms with van der Waals surface area (Å²) in [4.78, 5) is 14.6. The van der Waals surface area contributed by atoms with E-state index >= 15 is 0 Å². The lowest BCUT2D eigenvalue weighted by atomic mass is 10.2. The Labute approximate surface area is 101 Å². The summed E-state index contributed by atoms with van der Waals surface area (Å²) in [5.41, 5.74) is 1.16. The van der Waals surface area contributed by atoms with Crippen LogP contribution in [-0.2, 0) is 11.3 Å². The van der Waals surface area contributed by atoms with Crippen molar-refractivity contribution in [3.05, 3.63) is 42.5 Å². The third-order valence-corrected chi connectivity index (χ3v) is 2.20. The summed E-state index contributed by atoms with van der Waals surface area (Å²) < 4.78 is 25.8. The van der Waals surface area contributed by atoms with E-state index in [1.54, 1.807) is 35.3 Å². The van der Waals surface area contributed by atoms with Crippen molar-refractivity contribution in [3.8, 4) is 0 Å². The SMILES string of the molecule is O=C(Nc1cccc(Cn2cncn2)c1)C(F)F. The minimum atomic E-state index is -3.02. The summed E-state index contributed by atoms with van der Waals surface area (Å²) in [6.45, 7) is 0.457. The largest absolute Gasteiger partial charge is 0.321 e. The number of benzene rings is 1. The van der Waals surface area contributed by atoms with Gasteiger partial charge in [0.2, 0.25) is 0 Å². The molecule has 5 nitrogen and oxygen atoms in total. The van der Waals surface area contributed by atoms with E-state index in [1.165, 1.54) is 6.33 Å². The second kappa shape index (κ2) is 5.35. The van der Waals surface area contributed by atoms with E-state index in [-0.39, 0.29) is 0 Å². The number of halogens is 2. The summed E-state index contributed by atoms with van der Waals surface area (Å²) in [5, 5.41) is 6.06. The summed E-state index contributed by atoms with van der Waals surface area (Å²) in [7, 11) is 0. The summed E-state index contributed by atoms with van der Waals surface area (Å²) >= 11 is 0. The van der Waals surface area contributed by atoms with Gasteiger partial charge in [-0.15, -0.1) is 0 Å². The van der Waals surface area contributed by atoms with Crippen molar-refractivity contribution in [1.29, 1.82) is 0 Å². The second-order valence-corrected chi connectivity index (χ2v) is 3.58. The number of nitrogens with one attached hydrogen (secondary N) is 1. The molecule has 0 radical (unpaired) electrons. The summed E-state index contributed by atoms with van der Waals surface area (Å²) in [6.07, 6.45) is -0.0729. The Morgan fingerprint density at radius 2 is 2.28 bits per heavy atom. The quantitative estimate of drug-likeness (QED) is 0.897. The van der Waals surface area contributed by atoms with E-state index < -0.39 is 12.3 Å². The van der Waals surface area contributed by atoms with Crippen LogP contribution in [-0.4, -0.2) is 27.1 Å².